The van der Waals surface area contributed by atoms with Crippen LogP contribution in [-0.2, 0) is 20.7 Å². The van der Waals surface area contributed by atoms with Gasteiger partial charge in [0.15, 0.2) is 0 Å². The van der Waals surface area contributed by atoms with Gasteiger partial charge in [-0.25, -0.2) is 0 Å². The Bertz CT molecular complexity index is 797. The number of rotatable bonds is 6. The first-order valence-electron chi connectivity index (χ1n) is 11.2. The molecule has 1 spiro atoms. The van der Waals surface area contributed by atoms with Gasteiger partial charge in [0.2, 0.25) is 0 Å². The molecule has 0 aromatic heterocycles. The van der Waals surface area contributed by atoms with Gasteiger partial charge in [0, 0.05) is 17.9 Å². The van der Waals surface area contributed by atoms with E-state index >= 15 is 0 Å². The van der Waals surface area contributed by atoms with Crippen molar-refractivity contribution in [1.82, 2.24) is 5.32 Å². The molecule has 0 radical (unpaired) electrons. The van der Waals surface area contributed by atoms with Crippen molar-refractivity contribution >= 4 is 5.97 Å². The predicted molar refractivity (Wildman–Crippen MR) is 110 cm³/mol. The quantitative estimate of drug-likeness (QED) is 0.452. The molecule has 158 valence electrons. The molecule has 2 aliphatic carbocycles. The van der Waals surface area contributed by atoms with Gasteiger partial charge in [-0.05, 0) is 49.8 Å². The van der Waals surface area contributed by atoms with Crippen molar-refractivity contribution in [3.8, 4) is 5.75 Å². The summed E-state index contributed by atoms with van der Waals surface area (Å²) in [5, 5.41) is 3.51. The first kappa shape index (κ1) is 19.4. The predicted octanol–water partition coefficient (Wildman–Crippen LogP) is 3.35. The molecule has 0 bridgehead atoms. The molecule has 1 N–H and O–H groups in total. The van der Waals surface area contributed by atoms with Crippen LogP contribution >= 0.6 is 0 Å². The lowest BCUT2D eigenvalue weighted by molar-refractivity contribution is -0.146. The number of hydrogen-bond acceptors (Lipinski definition) is 5. The number of ether oxygens (including phenoxy) is 3. The van der Waals surface area contributed by atoms with E-state index in [1.54, 1.807) is 7.11 Å². The molecule has 7 atom stereocenters. The van der Waals surface area contributed by atoms with E-state index in [0.29, 0.717) is 12.5 Å². The fraction of sp³-hybridized carbons (Fsp3) is 0.708. The molecule has 2 aliphatic heterocycles. The lowest BCUT2D eigenvalue weighted by Gasteiger charge is -2.48. The number of epoxide rings is 1. The van der Waals surface area contributed by atoms with Gasteiger partial charge in [-0.2, -0.15) is 0 Å². The standard InChI is InChI=1S/C24H33NO4/c1-15-7-6-11-23(2)13-19-20(21-24(15,23)29-21)17(22(26)28-19)14-25-12-10-16-8-4-5-9-18(16)27-3/h4-5,8-9,15,17,19-21,25H,6-7,10-14H2,1-3H3/t15-,17-,19+,20+,21-,23+,24-/m0/s1. The van der Waals surface area contributed by atoms with Crippen molar-refractivity contribution in [2.45, 2.75) is 63.8 Å². The number of methoxy groups -OCH3 is 1. The Labute approximate surface area is 173 Å². The third-order valence-electron chi connectivity index (χ3n) is 8.32. The van der Waals surface area contributed by atoms with Gasteiger partial charge in [0.1, 0.15) is 17.5 Å². The fourth-order valence-electron chi connectivity index (χ4n) is 6.86. The van der Waals surface area contributed by atoms with Gasteiger partial charge >= 0.3 is 5.97 Å². The number of carbonyl (C=O) groups is 1. The molecule has 1 aromatic carbocycles. The number of carbonyl (C=O) groups excluding carboxylic acids is 1. The van der Waals surface area contributed by atoms with E-state index in [1.807, 2.05) is 18.2 Å². The summed E-state index contributed by atoms with van der Waals surface area (Å²) in [7, 11) is 1.70. The van der Waals surface area contributed by atoms with Crippen LogP contribution in [0.15, 0.2) is 24.3 Å². The molecular weight excluding hydrogens is 366 g/mol. The van der Waals surface area contributed by atoms with E-state index in [0.717, 1.165) is 25.1 Å². The summed E-state index contributed by atoms with van der Waals surface area (Å²) in [6.45, 7) is 6.18. The van der Waals surface area contributed by atoms with Crippen molar-refractivity contribution in [3.63, 3.8) is 0 Å². The third kappa shape index (κ3) is 2.84. The number of hydrogen-bond donors (Lipinski definition) is 1. The molecule has 2 heterocycles. The molecule has 2 saturated carbocycles. The zero-order chi connectivity index (χ0) is 20.2. The number of fused-ring (bicyclic) bond motifs is 2. The Balaban J connectivity index is 1.24. The summed E-state index contributed by atoms with van der Waals surface area (Å²) in [6, 6.07) is 8.10. The highest BCUT2D eigenvalue weighted by atomic mass is 16.6. The second-order valence-corrected chi connectivity index (χ2v) is 9.81. The minimum Gasteiger partial charge on any atom is -0.496 e. The van der Waals surface area contributed by atoms with Crippen LogP contribution in [0.4, 0.5) is 0 Å². The highest BCUT2D eigenvalue weighted by Crippen LogP contribution is 2.70. The Kier molecular flexibility index (Phi) is 4.67. The summed E-state index contributed by atoms with van der Waals surface area (Å²) in [6.07, 6.45) is 5.74. The van der Waals surface area contributed by atoms with E-state index in [9.17, 15) is 4.79 Å². The third-order valence-corrected chi connectivity index (χ3v) is 8.32. The first-order chi connectivity index (χ1) is 14.0. The van der Waals surface area contributed by atoms with Crippen LogP contribution in [-0.4, -0.2) is 44.0 Å². The molecule has 1 aromatic rings. The fourth-order valence-corrected chi connectivity index (χ4v) is 6.86. The molecule has 5 rings (SSSR count). The van der Waals surface area contributed by atoms with Gasteiger partial charge < -0.3 is 19.5 Å². The van der Waals surface area contributed by atoms with Gasteiger partial charge in [0.25, 0.3) is 0 Å². The van der Waals surface area contributed by atoms with Gasteiger partial charge in [-0.15, -0.1) is 0 Å². The van der Waals surface area contributed by atoms with Crippen LogP contribution in [0.3, 0.4) is 0 Å². The summed E-state index contributed by atoms with van der Waals surface area (Å²) in [5.74, 6) is 1.56. The second-order valence-electron chi connectivity index (χ2n) is 9.81. The summed E-state index contributed by atoms with van der Waals surface area (Å²) in [5.41, 5.74) is 1.32. The van der Waals surface area contributed by atoms with E-state index in [2.05, 4.69) is 25.2 Å². The first-order valence-corrected chi connectivity index (χ1v) is 11.2. The van der Waals surface area contributed by atoms with Gasteiger partial charge in [-0.1, -0.05) is 38.5 Å². The summed E-state index contributed by atoms with van der Waals surface area (Å²) >= 11 is 0. The van der Waals surface area contributed by atoms with E-state index in [4.69, 9.17) is 14.2 Å². The molecule has 5 heteroatoms. The van der Waals surface area contributed by atoms with Crippen molar-refractivity contribution in [3.05, 3.63) is 29.8 Å². The highest BCUT2D eigenvalue weighted by molar-refractivity contribution is 5.76. The average Bonchev–Trinajstić information content (AvgIpc) is 3.39. The maximum Gasteiger partial charge on any atom is 0.311 e. The van der Waals surface area contributed by atoms with Crippen molar-refractivity contribution < 1.29 is 19.0 Å². The zero-order valence-electron chi connectivity index (χ0n) is 17.8. The van der Waals surface area contributed by atoms with Crippen LogP contribution in [0.5, 0.6) is 5.75 Å². The number of esters is 1. The molecule has 29 heavy (non-hydrogen) atoms. The second kappa shape index (κ2) is 6.98. The largest absolute Gasteiger partial charge is 0.496 e. The smallest absolute Gasteiger partial charge is 0.311 e. The van der Waals surface area contributed by atoms with Crippen LogP contribution in [0, 0.1) is 23.2 Å². The Morgan fingerprint density at radius 2 is 2.14 bits per heavy atom. The van der Waals surface area contributed by atoms with E-state index < -0.39 is 0 Å². The number of benzene rings is 1. The molecule has 0 unspecified atom stereocenters. The highest BCUT2D eigenvalue weighted by Gasteiger charge is 2.78. The SMILES string of the molecule is COc1ccccc1CCNC[C@@H]1C(=O)O[C@@H]2C[C@@]3(C)CCC[C@H](C)[C@@]34O[C@H]4[C@H]12. The van der Waals surface area contributed by atoms with Gasteiger partial charge in [-0.3, -0.25) is 4.79 Å². The average molecular weight is 400 g/mol. The van der Waals surface area contributed by atoms with Crippen molar-refractivity contribution in [2.75, 3.05) is 20.2 Å². The van der Waals surface area contributed by atoms with Crippen LogP contribution in [0.1, 0.15) is 45.1 Å². The van der Waals surface area contributed by atoms with Crippen LogP contribution in [0.25, 0.3) is 0 Å². The van der Waals surface area contributed by atoms with E-state index in [-0.39, 0.29) is 41.0 Å². The lowest BCUT2D eigenvalue weighted by Crippen LogP contribution is -2.54. The molecule has 4 fully saturated rings. The molecular formula is C24H33NO4. The molecule has 0 amide bonds. The summed E-state index contributed by atoms with van der Waals surface area (Å²) in [4.78, 5) is 12.7. The van der Waals surface area contributed by atoms with Crippen LogP contribution < -0.4 is 10.1 Å². The molecule has 5 nitrogen and oxygen atoms in total. The Hall–Kier alpha value is -1.59. The molecule has 2 saturated heterocycles. The zero-order valence-corrected chi connectivity index (χ0v) is 17.8. The normalized spacial score (nSPS) is 42.4. The minimum absolute atomic E-state index is 0.0178. The van der Waals surface area contributed by atoms with E-state index in [1.165, 1.54) is 24.8 Å². The summed E-state index contributed by atoms with van der Waals surface area (Å²) < 4.78 is 17.8. The van der Waals surface area contributed by atoms with Crippen LogP contribution in [0.2, 0.25) is 0 Å². The maximum atomic E-state index is 12.7. The van der Waals surface area contributed by atoms with Crippen molar-refractivity contribution in [1.29, 1.82) is 0 Å². The lowest BCUT2D eigenvalue weighted by atomic mass is 9.53. The molecule has 4 aliphatic rings. The number of para-hydroxylation sites is 1. The van der Waals surface area contributed by atoms with Gasteiger partial charge in [0.05, 0.1) is 19.1 Å². The maximum absolute atomic E-state index is 12.7. The van der Waals surface area contributed by atoms with Crippen molar-refractivity contribution in [2.24, 2.45) is 23.2 Å². The number of nitrogens with one attached hydrogen (secondary N) is 1. The Morgan fingerprint density at radius 1 is 1.31 bits per heavy atom. The monoisotopic (exact) mass is 399 g/mol. The topological polar surface area (TPSA) is 60.1 Å². The minimum atomic E-state index is -0.0966. The Morgan fingerprint density at radius 3 is 2.97 bits per heavy atom.